The molecule has 9 heteroatoms. The molecule has 0 bridgehead atoms. The van der Waals surface area contributed by atoms with Crippen LogP contribution in [0.5, 0.6) is 0 Å². The Kier molecular flexibility index (Phi) is 10.8. The average molecular weight is 532 g/mol. The molecule has 4 N–H and O–H groups in total. The molecule has 3 unspecified atom stereocenters. The quantitative estimate of drug-likeness (QED) is 0.345. The van der Waals surface area contributed by atoms with E-state index in [2.05, 4.69) is 5.32 Å². The Morgan fingerprint density at radius 1 is 1.00 bits per heavy atom. The standard InChI is InChI=1S/C28H41N3O5S/c1-20(2)16-17-31(37(35,36)23-14-10-7-11-15-23)19-25(32)24(18-22-12-8-6-9-13-22)30-27(34)28(4,5)21(3)26(29)33/h6-15,20-21,24-25,32H,16-19H2,1-5H3,(H2,29,33)(H,30,34). The van der Waals surface area contributed by atoms with Crippen LogP contribution in [-0.4, -0.2) is 54.9 Å². The van der Waals surface area contributed by atoms with E-state index in [1.807, 2.05) is 44.2 Å². The van der Waals surface area contributed by atoms with Crippen LogP contribution in [0.15, 0.2) is 65.6 Å². The maximum atomic E-state index is 13.5. The molecule has 0 saturated carbocycles. The van der Waals surface area contributed by atoms with E-state index in [4.69, 9.17) is 5.73 Å². The first kappa shape index (κ1) is 30.5. The topological polar surface area (TPSA) is 130 Å². The van der Waals surface area contributed by atoms with Crippen LogP contribution in [0, 0.1) is 17.3 Å². The van der Waals surface area contributed by atoms with Crippen molar-refractivity contribution in [2.75, 3.05) is 13.1 Å². The predicted octanol–water partition coefficient (Wildman–Crippen LogP) is 2.96. The molecule has 8 nitrogen and oxygen atoms in total. The number of aliphatic hydroxyl groups excluding tert-OH is 1. The number of hydrogen-bond acceptors (Lipinski definition) is 5. The van der Waals surface area contributed by atoms with E-state index in [0.717, 1.165) is 5.56 Å². The Morgan fingerprint density at radius 2 is 1.54 bits per heavy atom. The number of aliphatic hydroxyl groups is 1. The van der Waals surface area contributed by atoms with Crippen LogP contribution in [0.4, 0.5) is 0 Å². The van der Waals surface area contributed by atoms with E-state index in [-0.39, 0.29) is 30.3 Å². The summed E-state index contributed by atoms with van der Waals surface area (Å²) in [6.07, 6.45) is -0.329. The minimum atomic E-state index is -3.88. The van der Waals surface area contributed by atoms with Gasteiger partial charge in [0, 0.05) is 19.0 Å². The number of benzene rings is 2. The molecule has 0 spiro atoms. The lowest BCUT2D eigenvalue weighted by atomic mass is 9.78. The number of amides is 2. The highest BCUT2D eigenvalue weighted by Gasteiger charge is 2.39. The normalized spacial score (nSPS) is 14.8. The van der Waals surface area contributed by atoms with Crippen molar-refractivity contribution in [1.29, 1.82) is 0 Å². The Balaban J connectivity index is 2.37. The zero-order valence-corrected chi connectivity index (χ0v) is 23.2. The van der Waals surface area contributed by atoms with Crippen molar-refractivity contribution in [3.05, 3.63) is 66.2 Å². The smallest absolute Gasteiger partial charge is 0.243 e. The lowest BCUT2D eigenvalue weighted by Gasteiger charge is -2.34. The van der Waals surface area contributed by atoms with E-state index in [1.54, 1.807) is 39.0 Å². The van der Waals surface area contributed by atoms with Crippen molar-refractivity contribution in [2.24, 2.45) is 23.0 Å². The number of nitrogens with one attached hydrogen (secondary N) is 1. The fraction of sp³-hybridized carbons (Fsp3) is 0.500. The fourth-order valence-electron chi connectivity index (χ4n) is 3.85. The molecule has 0 radical (unpaired) electrons. The number of primary amides is 1. The molecule has 2 aromatic carbocycles. The number of carbonyl (C=O) groups is 2. The molecule has 0 aromatic heterocycles. The first-order valence-electron chi connectivity index (χ1n) is 12.6. The molecule has 37 heavy (non-hydrogen) atoms. The summed E-state index contributed by atoms with van der Waals surface area (Å²) in [5.74, 6) is -1.54. The van der Waals surface area contributed by atoms with Gasteiger partial charge in [-0.1, -0.05) is 83.1 Å². The molecule has 0 fully saturated rings. The van der Waals surface area contributed by atoms with Gasteiger partial charge in [-0.15, -0.1) is 0 Å². The second kappa shape index (κ2) is 13.2. The summed E-state index contributed by atoms with van der Waals surface area (Å²) in [6.45, 7) is 8.87. The molecule has 0 aliphatic rings. The Hall–Kier alpha value is -2.75. The van der Waals surface area contributed by atoms with Crippen LogP contribution in [0.1, 0.15) is 46.6 Å². The van der Waals surface area contributed by atoms with Gasteiger partial charge in [0.2, 0.25) is 21.8 Å². The average Bonchev–Trinajstić information content (AvgIpc) is 2.86. The molecular formula is C28H41N3O5S. The van der Waals surface area contributed by atoms with Gasteiger partial charge < -0.3 is 16.2 Å². The highest BCUT2D eigenvalue weighted by molar-refractivity contribution is 7.89. The summed E-state index contributed by atoms with van der Waals surface area (Å²) in [5.41, 5.74) is 5.20. The van der Waals surface area contributed by atoms with E-state index in [0.29, 0.717) is 6.42 Å². The second-order valence-corrected chi connectivity index (χ2v) is 12.5. The van der Waals surface area contributed by atoms with E-state index in [9.17, 15) is 23.1 Å². The maximum Gasteiger partial charge on any atom is 0.243 e. The first-order chi connectivity index (χ1) is 17.3. The minimum absolute atomic E-state index is 0.144. The molecule has 204 valence electrons. The highest BCUT2D eigenvalue weighted by Crippen LogP contribution is 2.27. The van der Waals surface area contributed by atoms with Gasteiger partial charge in [-0.05, 0) is 36.5 Å². The summed E-state index contributed by atoms with van der Waals surface area (Å²) in [5, 5.41) is 14.3. The van der Waals surface area contributed by atoms with Gasteiger partial charge in [0.1, 0.15) is 0 Å². The summed E-state index contributed by atoms with van der Waals surface area (Å²) in [6, 6.07) is 16.6. The number of carbonyl (C=O) groups excluding carboxylic acids is 2. The SMILES string of the molecule is CC(C)CCN(CC(O)C(Cc1ccccc1)NC(=O)C(C)(C)C(C)C(N)=O)S(=O)(=O)c1ccccc1. The Labute approximate surface area is 221 Å². The lowest BCUT2D eigenvalue weighted by molar-refractivity contribution is -0.139. The van der Waals surface area contributed by atoms with Crippen molar-refractivity contribution in [3.8, 4) is 0 Å². The molecule has 3 atom stereocenters. The lowest BCUT2D eigenvalue weighted by Crippen LogP contribution is -2.55. The molecule has 2 aromatic rings. The Morgan fingerprint density at radius 3 is 2.05 bits per heavy atom. The van der Waals surface area contributed by atoms with Gasteiger partial charge >= 0.3 is 0 Å². The summed E-state index contributed by atoms with van der Waals surface area (Å²) >= 11 is 0. The number of sulfonamides is 1. The van der Waals surface area contributed by atoms with Crippen LogP contribution < -0.4 is 11.1 Å². The molecule has 0 heterocycles. The van der Waals surface area contributed by atoms with Crippen LogP contribution >= 0.6 is 0 Å². The minimum Gasteiger partial charge on any atom is -0.390 e. The number of rotatable bonds is 14. The van der Waals surface area contributed by atoms with Crippen molar-refractivity contribution >= 4 is 21.8 Å². The zero-order chi connectivity index (χ0) is 27.8. The number of nitrogens with two attached hydrogens (primary N) is 1. The van der Waals surface area contributed by atoms with Gasteiger partial charge in [-0.2, -0.15) is 4.31 Å². The van der Waals surface area contributed by atoms with Gasteiger partial charge in [-0.25, -0.2) is 8.42 Å². The zero-order valence-electron chi connectivity index (χ0n) is 22.4. The fourth-order valence-corrected chi connectivity index (χ4v) is 5.34. The van der Waals surface area contributed by atoms with Crippen molar-refractivity contribution in [2.45, 2.75) is 64.5 Å². The summed E-state index contributed by atoms with van der Waals surface area (Å²) < 4.78 is 28.3. The third kappa shape index (κ3) is 8.38. The third-order valence-corrected chi connectivity index (χ3v) is 8.78. The van der Waals surface area contributed by atoms with Gasteiger partial charge in [0.25, 0.3) is 0 Å². The van der Waals surface area contributed by atoms with E-state index >= 15 is 0 Å². The van der Waals surface area contributed by atoms with Crippen LogP contribution in [-0.2, 0) is 26.0 Å². The molecule has 2 amide bonds. The second-order valence-electron chi connectivity index (χ2n) is 10.5. The molecule has 0 aliphatic carbocycles. The third-order valence-electron chi connectivity index (χ3n) is 6.90. The maximum absolute atomic E-state index is 13.5. The largest absolute Gasteiger partial charge is 0.390 e. The number of nitrogens with zero attached hydrogens (tertiary/aromatic N) is 1. The first-order valence-corrected chi connectivity index (χ1v) is 14.1. The summed E-state index contributed by atoms with van der Waals surface area (Å²) in [7, 11) is -3.88. The molecule has 0 aliphatic heterocycles. The van der Waals surface area contributed by atoms with Crippen LogP contribution in [0.2, 0.25) is 0 Å². The van der Waals surface area contributed by atoms with Crippen molar-refractivity contribution in [3.63, 3.8) is 0 Å². The van der Waals surface area contributed by atoms with E-state index in [1.165, 1.54) is 16.4 Å². The van der Waals surface area contributed by atoms with Crippen molar-refractivity contribution in [1.82, 2.24) is 9.62 Å². The van der Waals surface area contributed by atoms with Crippen LogP contribution in [0.3, 0.4) is 0 Å². The Bertz CT molecular complexity index is 1120. The predicted molar refractivity (Wildman–Crippen MR) is 145 cm³/mol. The van der Waals surface area contributed by atoms with Gasteiger partial charge in [0.15, 0.2) is 0 Å². The molecular weight excluding hydrogens is 490 g/mol. The molecule has 2 rings (SSSR count). The number of hydrogen-bond donors (Lipinski definition) is 3. The summed E-state index contributed by atoms with van der Waals surface area (Å²) in [4.78, 5) is 25.2. The van der Waals surface area contributed by atoms with E-state index < -0.39 is 45.3 Å². The van der Waals surface area contributed by atoms with Gasteiger partial charge in [0.05, 0.1) is 22.5 Å². The molecule has 0 saturated heterocycles. The highest BCUT2D eigenvalue weighted by atomic mass is 32.2. The van der Waals surface area contributed by atoms with Crippen LogP contribution in [0.25, 0.3) is 0 Å². The monoisotopic (exact) mass is 531 g/mol. The van der Waals surface area contributed by atoms with Crippen molar-refractivity contribution < 1.29 is 23.1 Å². The van der Waals surface area contributed by atoms with Gasteiger partial charge in [-0.3, -0.25) is 9.59 Å².